The first-order chi connectivity index (χ1) is 10.9. The number of nitrogens with two attached hydrogens (primary N) is 1. The highest BCUT2D eigenvalue weighted by Gasteiger charge is 2.39. The van der Waals surface area contributed by atoms with E-state index in [1.807, 2.05) is 0 Å². The van der Waals surface area contributed by atoms with Crippen molar-refractivity contribution in [3.05, 3.63) is 47.2 Å². The molecule has 0 unspecified atom stereocenters. The van der Waals surface area contributed by atoms with Gasteiger partial charge in [0.1, 0.15) is 12.0 Å². The van der Waals surface area contributed by atoms with Crippen LogP contribution in [0.25, 0.3) is 0 Å². The number of fused-ring (bicyclic) bond motifs is 2. The average Bonchev–Trinajstić information content (AvgIpc) is 2.90. The van der Waals surface area contributed by atoms with Crippen LogP contribution in [0.2, 0.25) is 0 Å². The van der Waals surface area contributed by atoms with Crippen molar-refractivity contribution >= 4 is 17.5 Å². The Morgan fingerprint density at radius 2 is 2.22 bits per heavy atom. The number of carbonyl (C=O) groups excluding carboxylic acids is 2. The maximum Gasteiger partial charge on any atom is 0.260 e. The molecule has 0 saturated heterocycles. The van der Waals surface area contributed by atoms with Crippen LogP contribution in [0, 0.1) is 6.92 Å². The zero-order chi connectivity index (χ0) is 16.7. The highest BCUT2D eigenvalue weighted by Crippen LogP contribution is 2.38. The van der Waals surface area contributed by atoms with Gasteiger partial charge in [-0.05, 0) is 30.5 Å². The molecular formula is C16H17N3O4. The molecule has 0 saturated carbocycles. The Hall–Kier alpha value is -2.80. The van der Waals surface area contributed by atoms with E-state index < -0.39 is 18.2 Å². The summed E-state index contributed by atoms with van der Waals surface area (Å²) in [6, 6.07) is 2.73. The molecule has 1 aromatic carbocycles. The van der Waals surface area contributed by atoms with Gasteiger partial charge in [-0.3, -0.25) is 9.59 Å². The number of aliphatic hydroxyl groups excluding tert-OH is 1. The third-order valence-corrected chi connectivity index (χ3v) is 4.07. The predicted molar refractivity (Wildman–Crippen MR) is 83.5 cm³/mol. The van der Waals surface area contributed by atoms with Gasteiger partial charge in [0.05, 0.1) is 17.3 Å². The second-order valence-electron chi connectivity index (χ2n) is 5.67. The van der Waals surface area contributed by atoms with E-state index in [9.17, 15) is 19.8 Å². The molecule has 0 spiro atoms. The van der Waals surface area contributed by atoms with Crippen LogP contribution in [-0.2, 0) is 4.79 Å². The number of rotatable bonds is 2. The molecule has 0 bridgehead atoms. The standard InChI is InChI=1S/C16H17N3O4/c1-8-2-4-10-13(14(8)21)18-15(22)11-6-9(3-5-12(17)20)7-19(11)16(10)23/h2-5,7,11,15,18,21-22H,6H2,1H3,(H2,17,20)/b5-3-/t11-,15-/m1/s1. The fourth-order valence-electron chi connectivity index (χ4n) is 2.84. The summed E-state index contributed by atoms with van der Waals surface area (Å²) in [5.41, 5.74) is 6.91. The fourth-order valence-corrected chi connectivity index (χ4v) is 2.84. The second-order valence-corrected chi connectivity index (χ2v) is 5.67. The van der Waals surface area contributed by atoms with Crippen molar-refractivity contribution in [1.82, 2.24) is 4.90 Å². The Kier molecular flexibility index (Phi) is 3.57. The van der Waals surface area contributed by atoms with E-state index >= 15 is 0 Å². The lowest BCUT2D eigenvalue weighted by Crippen LogP contribution is -2.42. The molecule has 2 aliphatic heterocycles. The number of primary amides is 1. The van der Waals surface area contributed by atoms with Crippen molar-refractivity contribution in [3.8, 4) is 5.75 Å². The highest BCUT2D eigenvalue weighted by atomic mass is 16.3. The van der Waals surface area contributed by atoms with E-state index in [-0.39, 0.29) is 22.9 Å². The summed E-state index contributed by atoms with van der Waals surface area (Å²) in [7, 11) is 0. The Morgan fingerprint density at radius 1 is 1.48 bits per heavy atom. The monoisotopic (exact) mass is 315 g/mol. The van der Waals surface area contributed by atoms with Crippen LogP contribution in [-0.4, -0.2) is 39.2 Å². The molecule has 1 aromatic rings. The normalized spacial score (nSPS) is 23.1. The first kappa shape index (κ1) is 15.1. The summed E-state index contributed by atoms with van der Waals surface area (Å²) in [6.07, 6.45) is 3.65. The van der Waals surface area contributed by atoms with Gasteiger partial charge in [0, 0.05) is 12.3 Å². The van der Waals surface area contributed by atoms with E-state index in [2.05, 4.69) is 5.32 Å². The number of carbonyl (C=O) groups is 2. The molecule has 5 N–H and O–H groups in total. The second kappa shape index (κ2) is 5.44. The van der Waals surface area contributed by atoms with Crippen LogP contribution in [0.15, 0.2) is 36.1 Å². The zero-order valence-electron chi connectivity index (χ0n) is 12.5. The molecule has 0 aromatic heterocycles. The number of amides is 2. The number of allylic oxidation sites excluding steroid dienone is 1. The van der Waals surface area contributed by atoms with Crippen LogP contribution in [0.4, 0.5) is 5.69 Å². The molecular weight excluding hydrogens is 298 g/mol. The number of hydrogen-bond acceptors (Lipinski definition) is 5. The van der Waals surface area contributed by atoms with E-state index in [4.69, 9.17) is 5.73 Å². The quantitative estimate of drug-likeness (QED) is 0.471. The van der Waals surface area contributed by atoms with Crippen LogP contribution in [0.5, 0.6) is 5.75 Å². The lowest BCUT2D eigenvalue weighted by Gasteiger charge is -2.24. The SMILES string of the molecule is Cc1ccc2c(c1O)N[C@H](O)[C@H]1CC(/C=C\C(N)=O)=CN1C2=O. The minimum atomic E-state index is -1.05. The molecule has 0 fully saturated rings. The predicted octanol–water partition coefficient (Wildman–Crippen LogP) is 0.584. The number of aromatic hydroxyl groups is 1. The van der Waals surface area contributed by atoms with Crippen molar-refractivity contribution < 1.29 is 19.8 Å². The van der Waals surface area contributed by atoms with Crippen LogP contribution in [0.3, 0.4) is 0 Å². The lowest BCUT2D eigenvalue weighted by atomic mass is 10.1. The fraction of sp³-hybridized carbons (Fsp3) is 0.250. The van der Waals surface area contributed by atoms with Gasteiger partial charge in [-0.1, -0.05) is 12.1 Å². The lowest BCUT2D eigenvalue weighted by molar-refractivity contribution is -0.113. The Balaban J connectivity index is 2.01. The molecule has 120 valence electrons. The van der Waals surface area contributed by atoms with E-state index in [1.54, 1.807) is 25.3 Å². The maximum atomic E-state index is 12.7. The Labute approximate surface area is 132 Å². The van der Waals surface area contributed by atoms with Gasteiger partial charge >= 0.3 is 0 Å². The van der Waals surface area contributed by atoms with E-state index in [1.165, 1.54) is 17.1 Å². The molecule has 7 heteroatoms. The van der Waals surface area contributed by atoms with Crippen LogP contribution in [0.1, 0.15) is 22.3 Å². The van der Waals surface area contributed by atoms with Gasteiger partial charge in [0.25, 0.3) is 5.91 Å². The molecule has 23 heavy (non-hydrogen) atoms. The highest BCUT2D eigenvalue weighted by molar-refractivity contribution is 6.03. The molecule has 2 atom stereocenters. The molecule has 2 amide bonds. The van der Waals surface area contributed by atoms with Crippen molar-refractivity contribution in [1.29, 1.82) is 0 Å². The van der Waals surface area contributed by atoms with E-state index in [0.29, 0.717) is 17.6 Å². The minimum absolute atomic E-state index is 0.0473. The number of benzene rings is 1. The molecule has 7 nitrogen and oxygen atoms in total. The zero-order valence-corrected chi connectivity index (χ0v) is 12.5. The van der Waals surface area contributed by atoms with E-state index in [0.717, 1.165) is 0 Å². The third kappa shape index (κ3) is 2.55. The first-order valence-corrected chi connectivity index (χ1v) is 7.16. The van der Waals surface area contributed by atoms with Gasteiger partial charge in [0.15, 0.2) is 0 Å². The number of aliphatic hydroxyl groups is 1. The molecule has 0 radical (unpaired) electrons. The van der Waals surface area contributed by atoms with Gasteiger partial charge in [0.2, 0.25) is 5.91 Å². The summed E-state index contributed by atoms with van der Waals surface area (Å²) in [5.74, 6) is -0.954. The first-order valence-electron chi connectivity index (χ1n) is 7.16. The number of aryl methyl sites for hydroxylation is 1. The number of phenols is 1. The van der Waals surface area contributed by atoms with Gasteiger partial charge in [-0.25, -0.2) is 0 Å². The summed E-state index contributed by atoms with van der Waals surface area (Å²) < 4.78 is 0. The molecule has 2 heterocycles. The number of nitrogens with one attached hydrogen (secondary N) is 1. The number of anilines is 1. The van der Waals surface area contributed by atoms with Crippen LogP contribution >= 0.6 is 0 Å². The number of phenolic OH excluding ortho intramolecular Hbond substituents is 1. The number of hydrogen-bond donors (Lipinski definition) is 4. The molecule has 3 rings (SSSR count). The molecule has 2 aliphatic rings. The van der Waals surface area contributed by atoms with Gasteiger partial charge in [-0.2, -0.15) is 0 Å². The van der Waals surface area contributed by atoms with Gasteiger partial charge in [-0.15, -0.1) is 0 Å². The number of nitrogens with zero attached hydrogens (tertiary/aromatic N) is 1. The Bertz CT molecular complexity index is 754. The summed E-state index contributed by atoms with van der Waals surface area (Å²) in [4.78, 5) is 25.0. The van der Waals surface area contributed by atoms with Crippen molar-refractivity contribution in [2.75, 3.05) is 5.32 Å². The van der Waals surface area contributed by atoms with Crippen molar-refractivity contribution in [2.24, 2.45) is 5.73 Å². The smallest absolute Gasteiger partial charge is 0.260 e. The summed E-state index contributed by atoms with van der Waals surface area (Å²) in [5, 5.41) is 23.3. The minimum Gasteiger partial charge on any atom is -0.505 e. The molecule has 0 aliphatic carbocycles. The summed E-state index contributed by atoms with van der Waals surface area (Å²) >= 11 is 0. The van der Waals surface area contributed by atoms with Crippen LogP contribution < -0.4 is 11.1 Å². The van der Waals surface area contributed by atoms with Crippen molar-refractivity contribution in [2.45, 2.75) is 25.6 Å². The van der Waals surface area contributed by atoms with Crippen molar-refractivity contribution in [3.63, 3.8) is 0 Å². The maximum absolute atomic E-state index is 12.7. The largest absolute Gasteiger partial charge is 0.505 e. The third-order valence-electron chi connectivity index (χ3n) is 4.07. The Morgan fingerprint density at radius 3 is 2.91 bits per heavy atom. The summed E-state index contributed by atoms with van der Waals surface area (Å²) in [6.45, 7) is 1.72. The average molecular weight is 315 g/mol. The van der Waals surface area contributed by atoms with Gasteiger partial charge < -0.3 is 26.2 Å². The topological polar surface area (TPSA) is 116 Å².